The molecule has 2 amide bonds. The van der Waals surface area contributed by atoms with Crippen LogP contribution in [0.4, 0.5) is 0 Å². The van der Waals surface area contributed by atoms with Gasteiger partial charge in [0.15, 0.2) is 47.7 Å². The summed E-state index contributed by atoms with van der Waals surface area (Å²) in [5.74, 6) is -10.6. The maximum Gasteiger partial charge on any atom is 0.306 e. The van der Waals surface area contributed by atoms with E-state index in [1.165, 1.54) is 50.6 Å². The second-order valence-electron chi connectivity index (χ2n) is 10.2. The Bertz CT molecular complexity index is 1570. The van der Waals surface area contributed by atoms with E-state index in [9.17, 15) is 39.0 Å². The highest BCUT2D eigenvalue weighted by atomic mass is 16.5. The van der Waals surface area contributed by atoms with E-state index >= 15 is 0 Å². The number of Topliss-reactive ketones (excluding diaryl/α,β-unsaturated/α-hetero) is 2. The van der Waals surface area contributed by atoms with Gasteiger partial charge >= 0.3 is 11.9 Å². The molecule has 1 aliphatic rings. The lowest BCUT2D eigenvalue weighted by molar-refractivity contribution is -0.142. The second-order valence-corrected chi connectivity index (χ2v) is 10.2. The molecule has 6 N–H and O–H groups in total. The van der Waals surface area contributed by atoms with Crippen LogP contribution in [0.1, 0.15) is 35.8 Å². The number of amides is 2. The van der Waals surface area contributed by atoms with Crippen molar-refractivity contribution in [2.24, 2.45) is 11.5 Å². The van der Waals surface area contributed by atoms with Gasteiger partial charge in [-0.15, -0.1) is 0 Å². The number of ketones is 2. The molecule has 0 fully saturated rings. The molecule has 0 bridgehead atoms. The molecular formula is C32H34N2O14. The lowest BCUT2D eigenvalue weighted by Crippen LogP contribution is -2.31. The van der Waals surface area contributed by atoms with Gasteiger partial charge < -0.3 is 50.1 Å². The molecule has 3 rings (SSSR count). The number of aliphatic hydroxyl groups is 2. The standard InChI is InChI=1S/C32H34N2O14/c1-43-19-7-5-15(9-21(19)47-13-23(33)35)17(11-25(37)45-3)27-29(39)31(41)28(32(42)30(27)40)18(12-26(38)46-4)16-6-8-20(44-2)22(10-16)48-14-24(34)36/h5-10,17-18,39,42H,11-14H2,1-4H3,(H2,33,35)(H2,34,36)/t17-,18-/m1/s1. The average Bonchev–Trinajstić information content (AvgIpc) is 3.07. The Hall–Kier alpha value is -6.06. The Morgan fingerprint density at radius 3 is 1.27 bits per heavy atom. The van der Waals surface area contributed by atoms with E-state index in [-0.39, 0.29) is 34.1 Å². The Morgan fingerprint density at radius 1 is 0.625 bits per heavy atom. The number of nitrogens with two attached hydrogens (primary N) is 2. The van der Waals surface area contributed by atoms with Gasteiger partial charge in [-0.25, -0.2) is 0 Å². The number of ether oxygens (including phenoxy) is 6. The third-order valence-corrected chi connectivity index (χ3v) is 7.24. The Labute approximate surface area is 273 Å². The zero-order valence-electron chi connectivity index (χ0n) is 26.4. The summed E-state index contributed by atoms with van der Waals surface area (Å²) in [5.41, 5.74) is 9.30. The lowest BCUT2D eigenvalue weighted by Gasteiger charge is -2.28. The van der Waals surface area contributed by atoms with E-state index in [2.05, 4.69) is 0 Å². The zero-order chi connectivity index (χ0) is 35.7. The molecule has 1 aliphatic carbocycles. The lowest BCUT2D eigenvalue weighted by atomic mass is 9.75. The van der Waals surface area contributed by atoms with E-state index in [0.717, 1.165) is 14.2 Å². The van der Waals surface area contributed by atoms with Crippen molar-refractivity contribution in [2.75, 3.05) is 41.7 Å². The fourth-order valence-electron chi connectivity index (χ4n) is 4.98. The first-order valence-corrected chi connectivity index (χ1v) is 14.0. The van der Waals surface area contributed by atoms with Crippen LogP contribution in [0.15, 0.2) is 59.1 Å². The molecule has 2 atom stereocenters. The van der Waals surface area contributed by atoms with Crippen LogP contribution in [-0.2, 0) is 38.2 Å². The van der Waals surface area contributed by atoms with E-state index in [1.807, 2.05) is 0 Å². The Balaban J connectivity index is 2.20. The van der Waals surface area contributed by atoms with Crippen molar-refractivity contribution in [1.29, 1.82) is 0 Å². The van der Waals surface area contributed by atoms with Gasteiger partial charge in [0.2, 0.25) is 11.6 Å². The van der Waals surface area contributed by atoms with E-state index in [4.69, 9.17) is 39.9 Å². The molecular weight excluding hydrogens is 636 g/mol. The van der Waals surface area contributed by atoms with E-state index < -0.39 is 95.9 Å². The highest BCUT2D eigenvalue weighted by Crippen LogP contribution is 2.43. The number of allylic oxidation sites excluding steroid dienone is 2. The fraction of sp³-hybridized carbons (Fsp3) is 0.312. The topological polar surface area (TPSA) is 250 Å². The molecule has 256 valence electrons. The third kappa shape index (κ3) is 8.20. The van der Waals surface area contributed by atoms with Gasteiger partial charge in [0.05, 0.1) is 52.4 Å². The van der Waals surface area contributed by atoms with Gasteiger partial charge in [-0.1, -0.05) is 12.1 Å². The quantitative estimate of drug-likeness (QED) is 0.145. The molecule has 16 heteroatoms. The first-order chi connectivity index (χ1) is 22.8. The third-order valence-electron chi connectivity index (χ3n) is 7.24. The van der Waals surface area contributed by atoms with Gasteiger partial charge in [-0.2, -0.15) is 0 Å². The number of aliphatic hydroxyl groups excluding tert-OH is 2. The van der Waals surface area contributed by atoms with Crippen LogP contribution >= 0.6 is 0 Å². The van der Waals surface area contributed by atoms with Crippen molar-refractivity contribution in [3.05, 3.63) is 70.2 Å². The summed E-state index contributed by atoms with van der Waals surface area (Å²) >= 11 is 0. The van der Waals surface area contributed by atoms with Crippen LogP contribution < -0.4 is 30.4 Å². The first-order valence-electron chi connectivity index (χ1n) is 14.0. The molecule has 0 aromatic heterocycles. The van der Waals surface area contributed by atoms with Crippen LogP contribution in [-0.4, -0.2) is 87.2 Å². The summed E-state index contributed by atoms with van der Waals surface area (Å²) in [7, 11) is 4.81. The highest BCUT2D eigenvalue weighted by Gasteiger charge is 2.43. The average molecular weight is 671 g/mol. The first kappa shape index (κ1) is 36.4. The van der Waals surface area contributed by atoms with Gasteiger partial charge in [0.1, 0.15) is 0 Å². The predicted molar refractivity (Wildman–Crippen MR) is 163 cm³/mol. The minimum atomic E-state index is -1.40. The molecule has 0 radical (unpaired) electrons. The second kappa shape index (κ2) is 16.0. The number of hydrogen-bond donors (Lipinski definition) is 4. The number of methoxy groups -OCH3 is 4. The summed E-state index contributed by atoms with van der Waals surface area (Å²) in [6.45, 7) is -1.11. The van der Waals surface area contributed by atoms with Crippen LogP contribution in [0, 0.1) is 0 Å². The zero-order valence-corrected chi connectivity index (χ0v) is 26.4. The molecule has 0 heterocycles. The van der Waals surface area contributed by atoms with Crippen molar-refractivity contribution < 1.29 is 67.4 Å². The normalized spacial score (nSPS) is 14.2. The van der Waals surface area contributed by atoms with Crippen LogP contribution in [0.25, 0.3) is 0 Å². The highest BCUT2D eigenvalue weighted by molar-refractivity contribution is 6.24. The smallest absolute Gasteiger partial charge is 0.306 e. The molecule has 2 aromatic rings. The van der Waals surface area contributed by atoms with Crippen molar-refractivity contribution >= 4 is 35.3 Å². The summed E-state index contributed by atoms with van der Waals surface area (Å²) in [5, 5.41) is 22.6. The van der Waals surface area contributed by atoms with E-state index in [1.54, 1.807) is 0 Å². The number of carbonyl (C=O) groups is 6. The number of hydrogen-bond acceptors (Lipinski definition) is 14. The molecule has 0 saturated carbocycles. The Morgan fingerprint density at radius 2 is 0.979 bits per heavy atom. The number of benzene rings is 2. The summed E-state index contributed by atoms with van der Waals surface area (Å²) in [4.78, 5) is 75.5. The van der Waals surface area contributed by atoms with Crippen molar-refractivity contribution in [3.63, 3.8) is 0 Å². The maximum atomic E-state index is 13.9. The minimum absolute atomic E-state index is 0.0224. The monoisotopic (exact) mass is 670 g/mol. The van der Waals surface area contributed by atoms with Crippen molar-refractivity contribution in [1.82, 2.24) is 0 Å². The fourth-order valence-corrected chi connectivity index (χ4v) is 4.98. The number of rotatable bonds is 16. The van der Waals surface area contributed by atoms with E-state index in [0.29, 0.717) is 0 Å². The number of carbonyl (C=O) groups excluding carboxylic acids is 6. The molecule has 2 aromatic carbocycles. The minimum Gasteiger partial charge on any atom is -0.504 e. The van der Waals surface area contributed by atoms with Crippen molar-refractivity contribution in [3.8, 4) is 23.0 Å². The predicted octanol–water partition coefficient (Wildman–Crippen LogP) is 1.20. The summed E-state index contributed by atoms with van der Waals surface area (Å²) < 4.78 is 30.8. The van der Waals surface area contributed by atoms with Gasteiger partial charge in [-0.3, -0.25) is 28.8 Å². The maximum absolute atomic E-state index is 13.9. The summed E-state index contributed by atoms with van der Waals surface area (Å²) in [6, 6.07) is 8.19. The number of primary amides is 2. The molecule has 0 spiro atoms. The molecule has 0 unspecified atom stereocenters. The van der Waals surface area contributed by atoms with Gasteiger partial charge in [0, 0.05) is 11.8 Å². The molecule has 0 saturated heterocycles. The van der Waals surface area contributed by atoms with Crippen LogP contribution in [0.5, 0.6) is 23.0 Å². The number of esters is 2. The SMILES string of the molecule is COC(=O)C[C@@H](C1=C(O)C(=O)C([C@H](CC(=O)OC)c2ccc(OC)c(OCC(N)=O)c2)=C(O)C1=O)c1ccc(OC)c(OCC(N)=O)c1. The van der Waals surface area contributed by atoms with Gasteiger partial charge in [0.25, 0.3) is 11.8 Å². The molecule has 48 heavy (non-hydrogen) atoms. The van der Waals surface area contributed by atoms with Crippen LogP contribution in [0.3, 0.4) is 0 Å². The van der Waals surface area contributed by atoms with Crippen molar-refractivity contribution in [2.45, 2.75) is 24.7 Å². The van der Waals surface area contributed by atoms with Gasteiger partial charge in [-0.05, 0) is 35.4 Å². The largest absolute Gasteiger partial charge is 0.504 e. The molecule has 16 nitrogen and oxygen atoms in total. The Kier molecular flexibility index (Phi) is 12.1. The molecule has 0 aliphatic heterocycles. The van der Waals surface area contributed by atoms with Crippen LogP contribution in [0.2, 0.25) is 0 Å². The summed E-state index contributed by atoms with van der Waals surface area (Å²) in [6.07, 6.45) is -1.19.